The Labute approximate surface area is 94.2 Å². The van der Waals surface area contributed by atoms with E-state index < -0.39 is 12.1 Å². The van der Waals surface area contributed by atoms with Crippen molar-refractivity contribution < 1.29 is 19.1 Å². The fourth-order valence-electron chi connectivity index (χ4n) is 1.33. The molecule has 0 N–H and O–H groups in total. The number of benzene rings is 1. The van der Waals surface area contributed by atoms with Crippen LogP contribution < -0.4 is 4.74 Å². The van der Waals surface area contributed by atoms with Gasteiger partial charge < -0.3 is 9.47 Å². The van der Waals surface area contributed by atoms with Gasteiger partial charge in [-0.25, -0.2) is 0 Å². The largest absolute Gasteiger partial charge is 0.497 e. The molecule has 4 heteroatoms. The van der Waals surface area contributed by atoms with Crippen molar-refractivity contribution in [1.29, 1.82) is 0 Å². The molecule has 4 nitrogen and oxygen atoms in total. The lowest BCUT2D eigenvalue weighted by molar-refractivity contribution is -0.152. The van der Waals surface area contributed by atoms with Crippen LogP contribution in [0.4, 0.5) is 0 Å². The molecule has 1 atom stereocenters. The highest BCUT2D eigenvalue weighted by atomic mass is 16.5. The molecule has 0 radical (unpaired) electrons. The van der Waals surface area contributed by atoms with E-state index in [9.17, 15) is 9.59 Å². The average molecular weight is 222 g/mol. The molecule has 0 saturated carbocycles. The van der Waals surface area contributed by atoms with Crippen LogP contribution >= 0.6 is 0 Å². The Balaban J connectivity index is 2.92. The fourth-order valence-corrected chi connectivity index (χ4v) is 1.33. The van der Waals surface area contributed by atoms with Gasteiger partial charge in [-0.3, -0.25) is 9.59 Å². The highest BCUT2D eigenvalue weighted by Gasteiger charge is 2.19. The molecular formula is C12H14O4. The number of hydrogen-bond acceptors (Lipinski definition) is 4. The van der Waals surface area contributed by atoms with Gasteiger partial charge in [0.05, 0.1) is 7.11 Å². The summed E-state index contributed by atoms with van der Waals surface area (Å²) in [6.07, 6.45) is -0.830. The van der Waals surface area contributed by atoms with Gasteiger partial charge in [-0.1, -0.05) is 12.1 Å². The number of ether oxygens (including phenoxy) is 2. The Hall–Kier alpha value is -1.84. The van der Waals surface area contributed by atoms with Crippen molar-refractivity contribution in [3.05, 3.63) is 29.8 Å². The first-order valence-corrected chi connectivity index (χ1v) is 4.86. The number of esters is 1. The molecule has 0 heterocycles. The number of Topliss-reactive ketones (excluding diaryl/α,β-unsaturated/α-hetero) is 1. The van der Waals surface area contributed by atoms with Gasteiger partial charge in [0.25, 0.3) is 0 Å². The molecule has 86 valence electrons. The monoisotopic (exact) mass is 222 g/mol. The molecule has 0 aliphatic rings. The maximum Gasteiger partial charge on any atom is 0.303 e. The summed E-state index contributed by atoms with van der Waals surface area (Å²) >= 11 is 0. The lowest BCUT2D eigenvalue weighted by Gasteiger charge is -2.14. The Bertz CT molecular complexity index is 381. The molecule has 1 rings (SSSR count). The molecule has 0 bridgehead atoms. The van der Waals surface area contributed by atoms with E-state index in [1.165, 1.54) is 13.8 Å². The van der Waals surface area contributed by atoms with E-state index >= 15 is 0 Å². The molecule has 0 amide bonds. The predicted molar refractivity (Wildman–Crippen MR) is 58.2 cm³/mol. The normalized spacial score (nSPS) is 11.7. The summed E-state index contributed by atoms with van der Waals surface area (Å²) in [5.41, 5.74) is 0.642. The Morgan fingerprint density at radius 3 is 2.06 bits per heavy atom. The summed E-state index contributed by atoms with van der Waals surface area (Å²) in [7, 11) is 1.56. The van der Waals surface area contributed by atoms with Crippen LogP contribution in [0.15, 0.2) is 24.3 Å². The van der Waals surface area contributed by atoms with Gasteiger partial charge >= 0.3 is 5.97 Å². The van der Waals surface area contributed by atoms with Gasteiger partial charge in [-0.15, -0.1) is 0 Å². The van der Waals surface area contributed by atoms with Gasteiger partial charge in [0.2, 0.25) is 0 Å². The van der Waals surface area contributed by atoms with Crippen LogP contribution in [0.5, 0.6) is 5.75 Å². The fraction of sp³-hybridized carbons (Fsp3) is 0.333. The van der Waals surface area contributed by atoms with E-state index in [0.717, 1.165) is 0 Å². The van der Waals surface area contributed by atoms with Crippen molar-refractivity contribution in [2.75, 3.05) is 7.11 Å². The molecule has 0 aliphatic carbocycles. The van der Waals surface area contributed by atoms with Gasteiger partial charge in [0.15, 0.2) is 11.9 Å². The summed E-state index contributed by atoms with van der Waals surface area (Å²) in [6, 6.07) is 6.84. The molecular weight excluding hydrogens is 208 g/mol. The zero-order valence-electron chi connectivity index (χ0n) is 9.52. The number of carbonyl (C=O) groups is 2. The van der Waals surface area contributed by atoms with Crippen molar-refractivity contribution in [1.82, 2.24) is 0 Å². The molecule has 1 unspecified atom stereocenters. The third-order valence-electron chi connectivity index (χ3n) is 2.07. The van der Waals surface area contributed by atoms with Crippen LogP contribution in [0.1, 0.15) is 25.5 Å². The highest BCUT2D eigenvalue weighted by molar-refractivity contribution is 5.84. The first-order chi connectivity index (χ1) is 7.54. The van der Waals surface area contributed by atoms with E-state index in [1.807, 2.05) is 0 Å². The smallest absolute Gasteiger partial charge is 0.303 e. The van der Waals surface area contributed by atoms with Crippen LogP contribution in [-0.4, -0.2) is 18.9 Å². The second-order valence-electron chi connectivity index (χ2n) is 3.37. The standard InChI is InChI=1S/C12H14O4/c1-8(13)12(16-9(2)14)10-4-6-11(15-3)7-5-10/h4-7,12H,1-3H3. The molecule has 0 spiro atoms. The first kappa shape index (κ1) is 12.2. The van der Waals surface area contributed by atoms with Crippen LogP contribution in [0.25, 0.3) is 0 Å². The Morgan fingerprint density at radius 2 is 1.69 bits per heavy atom. The predicted octanol–water partition coefficient (Wildman–Crippen LogP) is 1.89. The average Bonchev–Trinajstić information content (AvgIpc) is 2.25. The quantitative estimate of drug-likeness (QED) is 0.730. The van der Waals surface area contributed by atoms with Crippen LogP contribution in [0.2, 0.25) is 0 Å². The van der Waals surface area contributed by atoms with E-state index in [0.29, 0.717) is 11.3 Å². The minimum Gasteiger partial charge on any atom is -0.497 e. The number of rotatable bonds is 4. The van der Waals surface area contributed by atoms with Gasteiger partial charge in [0.1, 0.15) is 5.75 Å². The zero-order valence-corrected chi connectivity index (χ0v) is 9.52. The summed E-state index contributed by atoms with van der Waals surface area (Å²) in [5.74, 6) is 0.00487. The maximum absolute atomic E-state index is 11.3. The molecule has 0 aliphatic heterocycles. The van der Waals surface area contributed by atoms with Gasteiger partial charge in [-0.2, -0.15) is 0 Å². The van der Waals surface area contributed by atoms with Crippen molar-refractivity contribution in [2.24, 2.45) is 0 Å². The van der Waals surface area contributed by atoms with Crippen molar-refractivity contribution in [3.63, 3.8) is 0 Å². The summed E-state index contributed by atoms with van der Waals surface area (Å²) in [5, 5.41) is 0. The SMILES string of the molecule is COc1ccc(C(OC(C)=O)C(C)=O)cc1. The third kappa shape index (κ3) is 3.08. The van der Waals surface area contributed by atoms with E-state index in [-0.39, 0.29) is 5.78 Å². The van der Waals surface area contributed by atoms with Crippen molar-refractivity contribution in [3.8, 4) is 5.75 Å². The molecule has 0 aromatic heterocycles. The van der Waals surface area contributed by atoms with Crippen molar-refractivity contribution in [2.45, 2.75) is 20.0 Å². The number of carbonyl (C=O) groups excluding carboxylic acids is 2. The van der Waals surface area contributed by atoms with Crippen LogP contribution in [0, 0.1) is 0 Å². The molecule has 0 saturated heterocycles. The second-order valence-corrected chi connectivity index (χ2v) is 3.37. The van der Waals surface area contributed by atoms with E-state index in [4.69, 9.17) is 9.47 Å². The lowest BCUT2D eigenvalue weighted by Crippen LogP contribution is -2.15. The van der Waals surface area contributed by atoms with Crippen molar-refractivity contribution >= 4 is 11.8 Å². The van der Waals surface area contributed by atoms with Gasteiger partial charge in [0, 0.05) is 12.5 Å². The zero-order chi connectivity index (χ0) is 12.1. The minimum absolute atomic E-state index is 0.208. The second kappa shape index (κ2) is 5.30. The first-order valence-electron chi connectivity index (χ1n) is 4.86. The third-order valence-corrected chi connectivity index (χ3v) is 2.07. The Kier molecular flexibility index (Phi) is 4.05. The number of methoxy groups -OCH3 is 1. The van der Waals surface area contributed by atoms with Crippen LogP contribution in [0.3, 0.4) is 0 Å². The Morgan fingerprint density at radius 1 is 1.12 bits per heavy atom. The summed E-state index contributed by atoms with van der Waals surface area (Å²) in [6.45, 7) is 2.66. The summed E-state index contributed by atoms with van der Waals surface area (Å²) in [4.78, 5) is 22.2. The maximum atomic E-state index is 11.3. The van der Waals surface area contributed by atoms with E-state index in [1.54, 1.807) is 31.4 Å². The number of hydrogen-bond donors (Lipinski definition) is 0. The number of ketones is 1. The van der Waals surface area contributed by atoms with Gasteiger partial charge in [-0.05, 0) is 19.1 Å². The molecule has 0 fully saturated rings. The summed E-state index contributed by atoms with van der Waals surface area (Å²) < 4.78 is 9.94. The lowest BCUT2D eigenvalue weighted by atomic mass is 10.1. The highest BCUT2D eigenvalue weighted by Crippen LogP contribution is 2.21. The van der Waals surface area contributed by atoms with Crippen LogP contribution in [-0.2, 0) is 14.3 Å². The topological polar surface area (TPSA) is 52.6 Å². The molecule has 1 aromatic carbocycles. The molecule has 16 heavy (non-hydrogen) atoms. The van der Waals surface area contributed by atoms with E-state index in [2.05, 4.69) is 0 Å². The molecule has 1 aromatic rings. The minimum atomic E-state index is -0.830.